The molecule has 0 radical (unpaired) electrons. The molecule has 2 nitrogen and oxygen atoms in total. The van der Waals surface area contributed by atoms with Crippen molar-refractivity contribution >= 4 is 17.7 Å². The molecule has 3 rings (SSSR count). The van der Waals surface area contributed by atoms with Gasteiger partial charge in [-0.15, -0.1) is 11.8 Å². The van der Waals surface area contributed by atoms with Gasteiger partial charge in [0.05, 0.1) is 5.25 Å². The lowest BCUT2D eigenvalue weighted by atomic mass is 10.00. The number of fused-ring (bicyclic) bond motifs is 1. The van der Waals surface area contributed by atoms with E-state index in [0.29, 0.717) is 0 Å². The van der Waals surface area contributed by atoms with E-state index in [-0.39, 0.29) is 11.2 Å². The highest BCUT2D eigenvalue weighted by Crippen LogP contribution is 2.29. The lowest BCUT2D eigenvalue weighted by Gasteiger charge is -2.31. The van der Waals surface area contributed by atoms with Crippen molar-refractivity contribution in [2.45, 2.75) is 43.9 Å². The topological polar surface area (TPSA) is 20.3 Å². The van der Waals surface area contributed by atoms with Gasteiger partial charge >= 0.3 is 0 Å². The smallest absolute Gasteiger partial charge is 0.236 e. The van der Waals surface area contributed by atoms with Crippen LogP contribution in [0.4, 0.5) is 0 Å². The van der Waals surface area contributed by atoms with Gasteiger partial charge in [0.15, 0.2) is 0 Å². The molecule has 0 bridgehead atoms. The van der Waals surface area contributed by atoms with Crippen molar-refractivity contribution in [3.05, 3.63) is 64.7 Å². The van der Waals surface area contributed by atoms with E-state index in [2.05, 4.69) is 56.3 Å². The van der Waals surface area contributed by atoms with Crippen LogP contribution in [0.3, 0.4) is 0 Å². The Bertz CT molecular complexity index is 725. The largest absolute Gasteiger partial charge is 0.337 e. The number of carbonyl (C=O) groups is 1. The number of hydrogen-bond donors (Lipinski definition) is 0. The normalized spacial score (nSPS) is 15.2. The second-order valence-electron chi connectivity index (χ2n) is 6.31. The van der Waals surface area contributed by atoms with Crippen LogP contribution >= 0.6 is 11.8 Å². The van der Waals surface area contributed by atoms with E-state index in [1.54, 1.807) is 11.8 Å². The van der Waals surface area contributed by atoms with Crippen LogP contribution in [0.15, 0.2) is 47.4 Å². The second kappa shape index (κ2) is 6.79. The molecule has 0 aliphatic carbocycles. The van der Waals surface area contributed by atoms with Crippen molar-refractivity contribution in [2.75, 3.05) is 6.54 Å². The molecule has 23 heavy (non-hydrogen) atoms. The SMILES string of the molecule is Cc1ccc(C)c(SC(C)C(=O)N2CCc3ccccc3C2)c1. The molecule has 2 aromatic carbocycles. The van der Waals surface area contributed by atoms with Crippen molar-refractivity contribution in [1.82, 2.24) is 4.90 Å². The molecular weight excluding hydrogens is 302 g/mol. The highest BCUT2D eigenvalue weighted by atomic mass is 32.2. The quantitative estimate of drug-likeness (QED) is 0.781. The van der Waals surface area contributed by atoms with Gasteiger partial charge in [0.2, 0.25) is 5.91 Å². The molecule has 0 spiro atoms. The van der Waals surface area contributed by atoms with Gasteiger partial charge in [0.25, 0.3) is 0 Å². The van der Waals surface area contributed by atoms with Crippen molar-refractivity contribution in [3.8, 4) is 0 Å². The van der Waals surface area contributed by atoms with Crippen LogP contribution in [0, 0.1) is 13.8 Å². The molecular formula is C20H23NOS. The first-order chi connectivity index (χ1) is 11.0. The minimum absolute atomic E-state index is 0.0548. The first-order valence-electron chi connectivity index (χ1n) is 8.14. The van der Waals surface area contributed by atoms with Crippen LogP contribution in [0.5, 0.6) is 0 Å². The minimum Gasteiger partial charge on any atom is -0.337 e. The molecule has 0 aromatic heterocycles. The number of carbonyl (C=O) groups excluding carboxylic acids is 1. The van der Waals surface area contributed by atoms with Gasteiger partial charge in [-0.2, -0.15) is 0 Å². The van der Waals surface area contributed by atoms with Crippen LogP contribution in [0.1, 0.15) is 29.2 Å². The fraction of sp³-hybridized carbons (Fsp3) is 0.350. The van der Waals surface area contributed by atoms with E-state index in [1.807, 2.05) is 11.8 Å². The Balaban J connectivity index is 1.70. The Morgan fingerprint density at radius 2 is 1.87 bits per heavy atom. The summed E-state index contributed by atoms with van der Waals surface area (Å²) in [5.74, 6) is 0.241. The van der Waals surface area contributed by atoms with Gasteiger partial charge in [0, 0.05) is 18.0 Å². The number of amides is 1. The van der Waals surface area contributed by atoms with Crippen LogP contribution in [-0.2, 0) is 17.8 Å². The number of nitrogens with zero attached hydrogens (tertiary/aromatic N) is 1. The van der Waals surface area contributed by atoms with Crippen molar-refractivity contribution in [2.24, 2.45) is 0 Å². The monoisotopic (exact) mass is 325 g/mol. The Morgan fingerprint density at radius 1 is 1.13 bits per heavy atom. The van der Waals surface area contributed by atoms with Gasteiger partial charge in [-0.3, -0.25) is 4.79 Å². The Hall–Kier alpha value is -1.74. The average molecular weight is 325 g/mol. The summed E-state index contributed by atoms with van der Waals surface area (Å²) in [5.41, 5.74) is 5.15. The van der Waals surface area contributed by atoms with Crippen LogP contribution in [-0.4, -0.2) is 22.6 Å². The maximum atomic E-state index is 12.8. The van der Waals surface area contributed by atoms with Gasteiger partial charge in [-0.25, -0.2) is 0 Å². The highest BCUT2D eigenvalue weighted by Gasteiger charge is 2.25. The van der Waals surface area contributed by atoms with Gasteiger partial charge in [-0.05, 0) is 49.9 Å². The Morgan fingerprint density at radius 3 is 2.65 bits per heavy atom. The number of rotatable bonds is 3. The molecule has 1 aliphatic heterocycles. The predicted octanol–water partition coefficient (Wildman–Crippen LogP) is 4.37. The Kier molecular flexibility index (Phi) is 4.76. The van der Waals surface area contributed by atoms with Crippen molar-refractivity contribution in [3.63, 3.8) is 0 Å². The van der Waals surface area contributed by atoms with Crippen molar-refractivity contribution in [1.29, 1.82) is 0 Å². The summed E-state index contributed by atoms with van der Waals surface area (Å²) in [6.07, 6.45) is 0.961. The first kappa shape index (κ1) is 16.1. The molecule has 0 N–H and O–H groups in total. The predicted molar refractivity (Wildman–Crippen MR) is 96.8 cm³/mol. The number of aryl methyl sites for hydroxylation is 2. The lowest BCUT2D eigenvalue weighted by Crippen LogP contribution is -2.40. The summed E-state index contributed by atoms with van der Waals surface area (Å²) in [6.45, 7) is 7.79. The van der Waals surface area contributed by atoms with Crippen LogP contribution in [0.25, 0.3) is 0 Å². The highest BCUT2D eigenvalue weighted by molar-refractivity contribution is 8.00. The van der Waals surface area contributed by atoms with Crippen molar-refractivity contribution < 1.29 is 4.79 Å². The summed E-state index contributed by atoms with van der Waals surface area (Å²) < 4.78 is 0. The lowest BCUT2D eigenvalue weighted by molar-refractivity contribution is -0.131. The molecule has 1 aliphatic rings. The zero-order valence-electron chi connectivity index (χ0n) is 14.0. The second-order valence-corrected chi connectivity index (χ2v) is 7.69. The summed E-state index contributed by atoms with van der Waals surface area (Å²) >= 11 is 1.68. The summed E-state index contributed by atoms with van der Waals surface area (Å²) in [5, 5.41) is -0.0548. The fourth-order valence-electron chi connectivity index (χ4n) is 3.02. The summed E-state index contributed by atoms with van der Waals surface area (Å²) in [4.78, 5) is 16.0. The standard InChI is InChI=1S/C20H23NOS/c1-14-8-9-15(2)19(12-14)23-16(3)20(22)21-11-10-17-6-4-5-7-18(17)13-21/h4-9,12,16H,10-11,13H2,1-3H3. The molecule has 1 heterocycles. The molecule has 2 aromatic rings. The molecule has 1 amide bonds. The third kappa shape index (κ3) is 3.61. The average Bonchev–Trinajstić information content (AvgIpc) is 2.57. The van der Waals surface area contributed by atoms with E-state index >= 15 is 0 Å². The number of hydrogen-bond acceptors (Lipinski definition) is 2. The molecule has 120 valence electrons. The number of thioether (sulfide) groups is 1. The van der Waals surface area contributed by atoms with E-state index in [4.69, 9.17) is 0 Å². The molecule has 0 saturated carbocycles. The Labute approximate surface area is 142 Å². The third-order valence-electron chi connectivity index (χ3n) is 4.44. The zero-order chi connectivity index (χ0) is 16.4. The summed E-state index contributed by atoms with van der Waals surface area (Å²) in [7, 11) is 0. The fourth-order valence-corrected chi connectivity index (χ4v) is 4.15. The molecule has 1 unspecified atom stereocenters. The summed E-state index contributed by atoms with van der Waals surface area (Å²) in [6, 6.07) is 14.9. The minimum atomic E-state index is -0.0548. The molecule has 3 heteroatoms. The van der Waals surface area contributed by atoms with Gasteiger partial charge < -0.3 is 4.90 Å². The van der Waals surface area contributed by atoms with E-state index in [9.17, 15) is 4.79 Å². The molecule has 0 saturated heterocycles. The van der Waals surface area contributed by atoms with Crippen LogP contribution < -0.4 is 0 Å². The van der Waals surface area contributed by atoms with E-state index in [0.717, 1.165) is 19.5 Å². The van der Waals surface area contributed by atoms with Crippen LogP contribution in [0.2, 0.25) is 0 Å². The first-order valence-corrected chi connectivity index (χ1v) is 9.02. The maximum Gasteiger partial charge on any atom is 0.236 e. The third-order valence-corrected chi connectivity index (χ3v) is 5.69. The molecule has 1 atom stereocenters. The zero-order valence-corrected chi connectivity index (χ0v) is 14.8. The molecule has 0 fully saturated rings. The van der Waals surface area contributed by atoms with Gasteiger partial charge in [-0.1, -0.05) is 42.0 Å². The van der Waals surface area contributed by atoms with E-state index < -0.39 is 0 Å². The maximum absolute atomic E-state index is 12.8. The number of benzene rings is 2. The van der Waals surface area contributed by atoms with E-state index in [1.165, 1.54) is 27.1 Å². The van der Waals surface area contributed by atoms with Gasteiger partial charge in [0.1, 0.15) is 0 Å².